The van der Waals surface area contributed by atoms with Crippen molar-refractivity contribution in [3.8, 4) is 0 Å². The Morgan fingerprint density at radius 3 is 1.78 bits per heavy atom. The highest BCUT2D eigenvalue weighted by molar-refractivity contribution is 6.48. The van der Waals surface area contributed by atoms with E-state index in [1.807, 2.05) is 0 Å². The average molecular weight is 429 g/mol. The molecule has 0 spiro atoms. The van der Waals surface area contributed by atoms with Gasteiger partial charge in [0.1, 0.15) is 0 Å². The number of para-hydroxylation sites is 2. The number of rotatable bonds is 4. The van der Waals surface area contributed by atoms with Crippen LogP contribution in [0.5, 0.6) is 0 Å². The molecular formula is C30H40N2. The fraction of sp³-hybridized carbons (Fsp3) is 0.533. The molecule has 0 amide bonds. The summed E-state index contributed by atoms with van der Waals surface area (Å²) in [4.78, 5) is 11.0. The van der Waals surface area contributed by atoms with Crippen LogP contribution in [0.3, 0.4) is 0 Å². The Kier molecular flexibility index (Phi) is 5.72. The second kappa shape index (κ2) is 7.97. The van der Waals surface area contributed by atoms with Crippen molar-refractivity contribution in [1.29, 1.82) is 0 Å². The van der Waals surface area contributed by atoms with Gasteiger partial charge in [0.05, 0.1) is 22.8 Å². The summed E-state index contributed by atoms with van der Waals surface area (Å²) in [5, 5.41) is 0. The van der Waals surface area contributed by atoms with Gasteiger partial charge in [-0.05, 0) is 66.2 Å². The minimum absolute atomic E-state index is 0.0493. The highest BCUT2D eigenvalue weighted by Gasteiger charge is 2.63. The van der Waals surface area contributed by atoms with Crippen molar-refractivity contribution in [2.45, 2.75) is 87.0 Å². The maximum absolute atomic E-state index is 5.50. The van der Waals surface area contributed by atoms with Crippen LogP contribution < -0.4 is 0 Å². The highest BCUT2D eigenvalue weighted by atomic mass is 14.9. The molecule has 0 N–H and O–H groups in total. The van der Waals surface area contributed by atoms with E-state index in [1.165, 1.54) is 46.5 Å². The maximum Gasteiger partial charge on any atom is 0.0697 e. The fourth-order valence-electron chi connectivity index (χ4n) is 5.99. The molecule has 2 aromatic carbocycles. The zero-order valence-corrected chi connectivity index (χ0v) is 21.5. The fourth-order valence-corrected chi connectivity index (χ4v) is 5.99. The lowest BCUT2D eigenvalue weighted by Gasteiger charge is -2.34. The number of fused-ring (bicyclic) bond motifs is 2. The molecule has 2 nitrogen and oxygen atoms in total. The molecule has 0 saturated heterocycles. The van der Waals surface area contributed by atoms with E-state index in [1.54, 1.807) is 0 Å². The maximum atomic E-state index is 5.50. The van der Waals surface area contributed by atoms with Crippen molar-refractivity contribution in [1.82, 2.24) is 0 Å². The van der Waals surface area contributed by atoms with Crippen molar-refractivity contribution in [2.24, 2.45) is 26.7 Å². The molecule has 2 bridgehead atoms. The lowest BCUT2D eigenvalue weighted by Crippen LogP contribution is -2.33. The van der Waals surface area contributed by atoms with E-state index in [4.69, 9.17) is 9.98 Å². The summed E-state index contributed by atoms with van der Waals surface area (Å²) in [6.45, 7) is 20.8. The SMILES string of the molecule is Cc1cccc(C(C)C)c1N=C1C(=Nc2c(C)cccc2C(C)C)[C@]2(C)CC[C@H]1C2(C)C. The number of aliphatic imine (C=N–C) groups is 2. The van der Waals surface area contributed by atoms with Crippen LogP contribution in [-0.4, -0.2) is 11.4 Å². The Hall–Kier alpha value is -2.22. The molecule has 2 heteroatoms. The third-order valence-electron chi connectivity index (χ3n) is 8.56. The van der Waals surface area contributed by atoms with E-state index in [0.717, 1.165) is 11.4 Å². The van der Waals surface area contributed by atoms with Crippen LogP contribution in [-0.2, 0) is 0 Å². The van der Waals surface area contributed by atoms with Gasteiger partial charge < -0.3 is 0 Å². The molecule has 0 aliphatic heterocycles. The van der Waals surface area contributed by atoms with Gasteiger partial charge in [-0.3, -0.25) is 9.98 Å². The Morgan fingerprint density at radius 2 is 1.28 bits per heavy atom. The van der Waals surface area contributed by atoms with Crippen LogP contribution in [0, 0.1) is 30.6 Å². The largest absolute Gasteiger partial charge is 0.251 e. The number of nitrogens with zero attached hydrogens (tertiary/aromatic N) is 2. The monoisotopic (exact) mass is 428 g/mol. The Bertz CT molecular complexity index is 1100. The van der Waals surface area contributed by atoms with Gasteiger partial charge in [0.15, 0.2) is 0 Å². The first-order valence-corrected chi connectivity index (χ1v) is 12.4. The summed E-state index contributed by atoms with van der Waals surface area (Å²) in [5.74, 6) is 1.34. The molecule has 0 heterocycles. The van der Waals surface area contributed by atoms with Gasteiger partial charge in [-0.15, -0.1) is 0 Å². The summed E-state index contributed by atoms with van der Waals surface area (Å²) in [6, 6.07) is 13.2. The van der Waals surface area contributed by atoms with Crippen LogP contribution in [0.15, 0.2) is 46.4 Å². The molecule has 0 radical (unpaired) electrons. The van der Waals surface area contributed by atoms with Crippen LogP contribution in [0.1, 0.15) is 95.4 Å². The van der Waals surface area contributed by atoms with E-state index in [9.17, 15) is 0 Å². The van der Waals surface area contributed by atoms with Gasteiger partial charge in [-0.1, -0.05) is 84.9 Å². The zero-order chi connectivity index (χ0) is 23.4. The molecule has 32 heavy (non-hydrogen) atoms. The van der Waals surface area contributed by atoms with E-state index >= 15 is 0 Å². The molecule has 2 fully saturated rings. The van der Waals surface area contributed by atoms with E-state index < -0.39 is 0 Å². The quantitative estimate of drug-likeness (QED) is 0.464. The summed E-state index contributed by atoms with van der Waals surface area (Å²) < 4.78 is 0. The number of hydrogen-bond donors (Lipinski definition) is 0. The third-order valence-corrected chi connectivity index (χ3v) is 8.56. The van der Waals surface area contributed by atoms with Crippen LogP contribution in [0.4, 0.5) is 11.4 Å². The van der Waals surface area contributed by atoms with Gasteiger partial charge in [0.25, 0.3) is 0 Å². The molecule has 0 unspecified atom stereocenters. The minimum Gasteiger partial charge on any atom is -0.251 e. The van der Waals surface area contributed by atoms with E-state index in [2.05, 4.69) is 98.7 Å². The van der Waals surface area contributed by atoms with Gasteiger partial charge >= 0.3 is 0 Å². The predicted molar refractivity (Wildman–Crippen MR) is 139 cm³/mol. The van der Waals surface area contributed by atoms with Crippen molar-refractivity contribution in [3.63, 3.8) is 0 Å². The van der Waals surface area contributed by atoms with Crippen molar-refractivity contribution in [3.05, 3.63) is 58.7 Å². The topological polar surface area (TPSA) is 24.7 Å². The zero-order valence-electron chi connectivity index (χ0n) is 21.5. The molecule has 170 valence electrons. The number of aryl methyl sites for hydroxylation is 2. The van der Waals surface area contributed by atoms with Gasteiger partial charge in [0.2, 0.25) is 0 Å². The van der Waals surface area contributed by atoms with Crippen LogP contribution >= 0.6 is 0 Å². The number of hydrogen-bond acceptors (Lipinski definition) is 2. The lowest BCUT2D eigenvalue weighted by atomic mass is 9.70. The molecule has 4 rings (SSSR count). The normalized spacial score (nSPS) is 26.8. The van der Waals surface area contributed by atoms with Crippen molar-refractivity contribution in [2.75, 3.05) is 0 Å². The second-order valence-electron chi connectivity index (χ2n) is 11.4. The molecular weight excluding hydrogens is 388 g/mol. The molecule has 2 aliphatic rings. The third kappa shape index (κ3) is 3.38. The van der Waals surface area contributed by atoms with Gasteiger partial charge in [-0.25, -0.2) is 0 Å². The first kappa shape index (κ1) is 23.0. The van der Waals surface area contributed by atoms with Gasteiger partial charge in [0, 0.05) is 11.3 Å². The summed E-state index contributed by atoms with van der Waals surface area (Å²) in [7, 11) is 0. The molecule has 2 aromatic rings. The standard InChI is InChI=1S/C30H40N2/c1-18(2)22-14-10-12-20(5)25(22)31-27-24-16-17-30(9,29(24,7)8)28(27)32-26-21(6)13-11-15-23(26)19(3)4/h10-15,18-19,24H,16-17H2,1-9H3/t24-,30+/m1/s1. The Morgan fingerprint density at radius 1 is 0.781 bits per heavy atom. The summed E-state index contributed by atoms with van der Waals surface area (Å²) >= 11 is 0. The average Bonchev–Trinajstić information content (AvgIpc) is 3.03. The highest BCUT2D eigenvalue weighted by Crippen LogP contribution is 2.63. The Balaban J connectivity index is 1.99. The lowest BCUT2D eigenvalue weighted by molar-refractivity contribution is 0.208. The minimum atomic E-state index is 0.0493. The Labute approximate surface area is 195 Å². The van der Waals surface area contributed by atoms with Gasteiger partial charge in [-0.2, -0.15) is 0 Å². The van der Waals surface area contributed by atoms with E-state index in [0.29, 0.717) is 17.8 Å². The molecule has 2 aliphatic carbocycles. The second-order valence-corrected chi connectivity index (χ2v) is 11.4. The van der Waals surface area contributed by atoms with Crippen molar-refractivity contribution >= 4 is 22.8 Å². The number of benzene rings is 2. The first-order valence-electron chi connectivity index (χ1n) is 12.4. The van der Waals surface area contributed by atoms with Crippen molar-refractivity contribution < 1.29 is 0 Å². The predicted octanol–water partition coefficient (Wildman–Crippen LogP) is 8.85. The molecule has 2 atom stereocenters. The van der Waals surface area contributed by atoms with Crippen LogP contribution in [0.25, 0.3) is 0 Å². The summed E-state index contributed by atoms with van der Waals surface area (Å²) in [6.07, 6.45) is 2.39. The molecule has 2 saturated carbocycles. The molecule has 0 aromatic heterocycles. The van der Waals surface area contributed by atoms with E-state index in [-0.39, 0.29) is 10.8 Å². The van der Waals surface area contributed by atoms with Crippen LogP contribution in [0.2, 0.25) is 0 Å². The smallest absolute Gasteiger partial charge is 0.0697 e. The first-order chi connectivity index (χ1) is 15.0. The summed E-state index contributed by atoms with van der Waals surface area (Å²) in [5.41, 5.74) is 10.2.